The van der Waals surface area contributed by atoms with Crippen molar-refractivity contribution in [1.29, 1.82) is 0 Å². The van der Waals surface area contributed by atoms with Gasteiger partial charge in [-0.2, -0.15) is 17.6 Å². The Labute approximate surface area is 192 Å². The van der Waals surface area contributed by atoms with Gasteiger partial charge >= 0.3 is 13.2 Å². The fraction of sp³-hybridized carbons (Fsp3) is 0.261. The molecule has 0 aliphatic heterocycles. The number of carbonyl (C=O) groups is 1. The molecule has 0 aliphatic rings. The molecule has 0 saturated heterocycles. The minimum atomic E-state index is -3.24. The van der Waals surface area contributed by atoms with E-state index in [0.29, 0.717) is 17.5 Å². The van der Waals surface area contributed by atoms with E-state index in [0.717, 1.165) is 16.7 Å². The normalized spacial score (nSPS) is 12.0. The molecule has 3 aromatic rings. The van der Waals surface area contributed by atoms with E-state index in [-0.39, 0.29) is 5.69 Å². The van der Waals surface area contributed by atoms with Crippen molar-refractivity contribution in [3.63, 3.8) is 0 Å². The first-order chi connectivity index (χ1) is 16.3. The number of alkyl halides is 4. The van der Waals surface area contributed by atoms with Crippen LogP contribution in [-0.2, 0) is 11.3 Å². The minimum Gasteiger partial charge on any atom is -0.431 e. The Morgan fingerprint density at radius 1 is 0.941 bits per heavy atom. The maximum atomic E-state index is 12.9. The third-order valence-electron chi connectivity index (χ3n) is 4.96. The average Bonchev–Trinajstić information content (AvgIpc) is 2.83. The van der Waals surface area contributed by atoms with E-state index < -0.39 is 36.5 Å². The molecule has 0 spiro atoms. The number of hydrogen-bond donors (Lipinski definition) is 0. The first-order valence-electron chi connectivity index (χ1n) is 9.99. The van der Waals surface area contributed by atoms with Crippen molar-refractivity contribution in [3.8, 4) is 11.5 Å². The zero-order valence-corrected chi connectivity index (χ0v) is 18.2. The van der Waals surface area contributed by atoms with Crippen molar-refractivity contribution in [2.75, 3.05) is 14.2 Å². The molecule has 2 heterocycles. The first kappa shape index (κ1) is 24.9. The van der Waals surface area contributed by atoms with Gasteiger partial charge in [0.15, 0.2) is 11.5 Å². The van der Waals surface area contributed by atoms with E-state index in [1.54, 1.807) is 30.6 Å². The summed E-state index contributed by atoms with van der Waals surface area (Å²) in [6, 6.07) is 10.6. The monoisotopic (exact) mass is 479 g/mol. The van der Waals surface area contributed by atoms with Crippen molar-refractivity contribution < 1.29 is 36.7 Å². The molecule has 180 valence electrons. The number of rotatable bonds is 10. The fourth-order valence-electron chi connectivity index (χ4n) is 3.29. The molecule has 0 N–H and O–H groups in total. The number of hydroxylamine groups is 2. The minimum absolute atomic E-state index is 0.137. The fourth-order valence-corrected chi connectivity index (χ4v) is 3.29. The van der Waals surface area contributed by atoms with Crippen molar-refractivity contribution in [2.24, 2.45) is 0 Å². The molecule has 3 rings (SSSR count). The van der Waals surface area contributed by atoms with E-state index in [4.69, 9.17) is 4.84 Å². The highest BCUT2D eigenvalue weighted by Gasteiger charge is 2.22. The van der Waals surface area contributed by atoms with E-state index in [1.165, 1.54) is 38.6 Å². The molecule has 7 nitrogen and oxygen atoms in total. The van der Waals surface area contributed by atoms with Crippen LogP contribution < -0.4 is 9.47 Å². The Morgan fingerprint density at radius 2 is 1.59 bits per heavy atom. The molecular weight excluding hydrogens is 458 g/mol. The summed E-state index contributed by atoms with van der Waals surface area (Å²) in [5.41, 5.74) is 2.16. The smallest absolute Gasteiger partial charge is 0.387 e. The third kappa shape index (κ3) is 6.41. The lowest BCUT2D eigenvalue weighted by Gasteiger charge is -2.21. The van der Waals surface area contributed by atoms with E-state index >= 15 is 0 Å². The maximum absolute atomic E-state index is 12.9. The second-order valence-electron chi connectivity index (χ2n) is 7.04. The maximum Gasteiger partial charge on any atom is 0.387 e. The second kappa shape index (κ2) is 11.4. The van der Waals surface area contributed by atoms with Gasteiger partial charge in [0, 0.05) is 31.6 Å². The lowest BCUT2D eigenvalue weighted by molar-refractivity contribution is -0.0760. The van der Waals surface area contributed by atoms with Crippen molar-refractivity contribution in [3.05, 3.63) is 83.4 Å². The number of benzene rings is 1. The summed E-state index contributed by atoms with van der Waals surface area (Å²) in [6.07, 6.45) is 5.11. The molecule has 0 aliphatic carbocycles. The summed E-state index contributed by atoms with van der Waals surface area (Å²) in [4.78, 5) is 25.3. The summed E-state index contributed by atoms with van der Waals surface area (Å²) in [5.74, 6) is -1.93. The number of aromatic nitrogens is 2. The van der Waals surface area contributed by atoms with Gasteiger partial charge in [0.2, 0.25) is 0 Å². The number of hydrogen-bond acceptors (Lipinski definition) is 6. The molecule has 34 heavy (non-hydrogen) atoms. The molecule has 2 aromatic heterocycles. The van der Waals surface area contributed by atoms with Gasteiger partial charge in [0.25, 0.3) is 5.91 Å². The van der Waals surface area contributed by atoms with Crippen molar-refractivity contribution in [1.82, 2.24) is 15.0 Å². The Morgan fingerprint density at radius 3 is 2.18 bits per heavy atom. The summed E-state index contributed by atoms with van der Waals surface area (Å²) in [6.45, 7) is -6.45. The van der Waals surface area contributed by atoms with Gasteiger partial charge in [-0.15, -0.1) is 0 Å². The quantitative estimate of drug-likeness (QED) is 0.310. The largest absolute Gasteiger partial charge is 0.431 e. The van der Waals surface area contributed by atoms with Gasteiger partial charge in [-0.05, 0) is 53.4 Å². The van der Waals surface area contributed by atoms with Crippen LogP contribution in [0.3, 0.4) is 0 Å². The van der Waals surface area contributed by atoms with Crippen LogP contribution in [0, 0.1) is 0 Å². The van der Waals surface area contributed by atoms with Crippen LogP contribution in [0.4, 0.5) is 17.6 Å². The van der Waals surface area contributed by atoms with Crippen molar-refractivity contribution in [2.45, 2.75) is 25.6 Å². The summed E-state index contributed by atoms with van der Waals surface area (Å²) < 4.78 is 60.0. The third-order valence-corrected chi connectivity index (χ3v) is 4.96. The summed E-state index contributed by atoms with van der Waals surface area (Å²) in [5, 5.41) is 1.02. The first-order valence-corrected chi connectivity index (χ1v) is 9.99. The standard InChI is InChI=1S/C23H21F4N3O4/c1-30(32-2)21(31)18-5-3-16(13-29-18)17(11-14-7-9-28-10-8-14)15-4-6-19(33-22(24)25)20(12-15)34-23(26)27/h3-10,12-13,17,22-23H,11H2,1-2H3. The van der Waals surface area contributed by atoms with Crippen LogP contribution in [-0.4, -0.2) is 48.3 Å². The SMILES string of the molecule is CON(C)C(=O)c1ccc(C(Cc2ccncc2)c2ccc(OC(F)F)c(OC(F)F)c2)cn1. The van der Waals surface area contributed by atoms with Gasteiger partial charge in [-0.25, -0.2) is 5.06 Å². The van der Waals surface area contributed by atoms with Gasteiger partial charge < -0.3 is 9.47 Å². The van der Waals surface area contributed by atoms with Crippen LogP contribution in [0.5, 0.6) is 11.5 Å². The molecule has 11 heteroatoms. The number of ether oxygens (including phenoxy) is 2. The van der Waals surface area contributed by atoms with Gasteiger partial charge in [-0.1, -0.05) is 12.1 Å². The highest BCUT2D eigenvalue weighted by molar-refractivity contribution is 5.91. The lowest BCUT2D eigenvalue weighted by atomic mass is 9.86. The number of pyridine rings is 2. The number of halogens is 4. The van der Waals surface area contributed by atoms with Crippen LogP contribution in [0.25, 0.3) is 0 Å². The zero-order valence-electron chi connectivity index (χ0n) is 18.2. The Kier molecular flexibility index (Phi) is 8.36. The molecule has 0 fully saturated rings. The number of carbonyl (C=O) groups excluding carboxylic acids is 1. The average molecular weight is 479 g/mol. The molecule has 0 saturated carbocycles. The Balaban J connectivity index is 2.02. The van der Waals surface area contributed by atoms with Crippen LogP contribution in [0.2, 0.25) is 0 Å². The highest BCUT2D eigenvalue weighted by Crippen LogP contribution is 2.36. The molecule has 1 atom stereocenters. The molecule has 1 unspecified atom stereocenters. The number of amides is 1. The predicted molar refractivity (Wildman–Crippen MR) is 113 cm³/mol. The van der Waals surface area contributed by atoms with Gasteiger partial charge in [0.05, 0.1) is 7.11 Å². The van der Waals surface area contributed by atoms with Crippen LogP contribution >= 0.6 is 0 Å². The van der Waals surface area contributed by atoms with E-state index in [1.807, 2.05) is 0 Å². The van der Waals surface area contributed by atoms with E-state index in [9.17, 15) is 22.4 Å². The van der Waals surface area contributed by atoms with Crippen LogP contribution in [0.1, 0.15) is 33.1 Å². The number of nitrogens with zero attached hydrogens (tertiary/aromatic N) is 3. The lowest BCUT2D eigenvalue weighted by Crippen LogP contribution is -2.26. The van der Waals surface area contributed by atoms with Gasteiger partial charge in [0.1, 0.15) is 5.69 Å². The predicted octanol–water partition coefficient (Wildman–Crippen LogP) is 4.69. The highest BCUT2D eigenvalue weighted by atomic mass is 19.3. The molecule has 0 bridgehead atoms. The van der Waals surface area contributed by atoms with Crippen LogP contribution in [0.15, 0.2) is 61.1 Å². The Bertz CT molecular complexity index is 1090. The van der Waals surface area contributed by atoms with E-state index in [2.05, 4.69) is 19.4 Å². The molecule has 1 aromatic carbocycles. The molecule has 0 radical (unpaired) electrons. The summed E-state index contributed by atoms with van der Waals surface area (Å²) >= 11 is 0. The zero-order chi connectivity index (χ0) is 24.7. The molecule has 1 amide bonds. The van der Waals surface area contributed by atoms with Gasteiger partial charge in [-0.3, -0.25) is 19.6 Å². The molecular formula is C23H21F4N3O4. The Hall–Kier alpha value is -3.73. The topological polar surface area (TPSA) is 73.8 Å². The second-order valence-corrected chi connectivity index (χ2v) is 7.04. The summed E-state index contributed by atoms with van der Waals surface area (Å²) in [7, 11) is 2.79. The van der Waals surface area contributed by atoms with Crippen molar-refractivity contribution >= 4 is 5.91 Å².